The number of hydrogen-bond acceptors (Lipinski definition) is 7. The molecule has 5 saturated carbocycles. The van der Waals surface area contributed by atoms with Gasteiger partial charge in [-0.15, -0.1) is 11.3 Å². The highest BCUT2D eigenvalue weighted by atomic mass is 32.1. The number of rotatable bonds is 8. The van der Waals surface area contributed by atoms with Gasteiger partial charge in [-0.2, -0.15) is 4.98 Å². The molecule has 1 atom stereocenters. The molecule has 40 heavy (non-hydrogen) atoms. The van der Waals surface area contributed by atoms with E-state index in [1.165, 1.54) is 42.8 Å². The van der Waals surface area contributed by atoms with Crippen LogP contribution in [0.25, 0.3) is 11.5 Å². The van der Waals surface area contributed by atoms with Crippen LogP contribution in [0.1, 0.15) is 105 Å². The highest BCUT2D eigenvalue weighted by Crippen LogP contribution is 2.59. The maximum Gasteiger partial charge on any atom is 0.258 e. The van der Waals surface area contributed by atoms with Crippen molar-refractivity contribution in [2.75, 3.05) is 24.7 Å². The summed E-state index contributed by atoms with van der Waals surface area (Å²) < 4.78 is 11.4. The summed E-state index contributed by atoms with van der Waals surface area (Å²) in [4.78, 5) is 26.1. The zero-order valence-corrected chi connectivity index (χ0v) is 24.0. The highest BCUT2D eigenvalue weighted by Gasteiger charge is 2.52. The van der Waals surface area contributed by atoms with E-state index in [1.54, 1.807) is 0 Å². The first kappa shape index (κ1) is 25.2. The summed E-state index contributed by atoms with van der Waals surface area (Å²) in [6, 6.07) is 8.18. The number of anilines is 1. The molecule has 0 spiro atoms. The SMILES string of the molecule is O=C(C1CCCOC1)N(CC12CCC(c3nc(C4CC4)cs3)(CC1)CC2)c1cccc(-c2nc(C3CC3)no2)c1. The van der Waals surface area contributed by atoms with Gasteiger partial charge in [0.25, 0.3) is 5.89 Å². The van der Waals surface area contributed by atoms with E-state index in [0.29, 0.717) is 18.4 Å². The molecule has 1 unspecified atom stereocenters. The van der Waals surface area contributed by atoms with Crippen molar-refractivity contribution < 1.29 is 14.1 Å². The number of thiazole rings is 1. The molecule has 6 fully saturated rings. The Morgan fingerprint density at radius 1 is 1.00 bits per heavy atom. The molecule has 8 heteroatoms. The Labute approximate surface area is 239 Å². The van der Waals surface area contributed by atoms with E-state index in [1.807, 2.05) is 23.5 Å². The van der Waals surface area contributed by atoms with Crippen LogP contribution in [0.15, 0.2) is 34.2 Å². The number of carbonyl (C=O) groups is 1. The third-order valence-corrected chi connectivity index (χ3v) is 11.5. The highest BCUT2D eigenvalue weighted by molar-refractivity contribution is 7.09. The van der Waals surface area contributed by atoms with E-state index in [0.717, 1.165) is 81.1 Å². The second-order valence-electron chi connectivity index (χ2n) is 13.3. The molecule has 5 aliphatic carbocycles. The lowest BCUT2D eigenvalue weighted by Gasteiger charge is -2.54. The Morgan fingerprint density at radius 2 is 1.80 bits per heavy atom. The first-order valence-corrected chi connectivity index (χ1v) is 16.3. The lowest BCUT2D eigenvalue weighted by atomic mass is 9.53. The van der Waals surface area contributed by atoms with Crippen LogP contribution in [0.5, 0.6) is 0 Å². The molecule has 3 heterocycles. The minimum absolute atomic E-state index is 0.0823. The van der Waals surface area contributed by atoms with Crippen LogP contribution in [-0.2, 0) is 14.9 Å². The average molecular weight is 559 g/mol. The molecule has 2 aromatic heterocycles. The molecule has 7 nitrogen and oxygen atoms in total. The second-order valence-corrected chi connectivity index (χ2v) is 14.1. The molecule has 3 aromatic rings. The van der Waals surface area contributed by atoms with Gasteiger partial charge in [0.15, 0.2) is 5.82 Å². The van der Waals surface area contributed by atoms with Crippen molar-refractivity contribution in [3.8, 4) is 11.5 Å². The Morgan fingerprint density at radius 3 is 2.52 bits per heavy atom. The minimum atomic E-state index is -0.0823. The van der Waals surface area contributed by atoms with Gasteiger partial charge < -0.3 is 14.2 Å². The number of aromatic nitrogens is 3. The Kier molecular flexibility index (Phi) is 6.14. The van der Waals surface area contributed by atoms with E-state index in [9.17, 15) is 4.79 Å². The topological polar surface area (TPSA) is 81.4 Å². The summed E-state index contributed by atoms with van der Waals surface area (Å²) in [7, 11) is 0. The van der Waals surface area contributed by atoms with Crippen molar-refractivity contribution in [1.29, 1.82) is 0 Å². The Bertz CT molecular complexity index is 1380. The third-order valence-electron chi connectivity index (χ3n) is 10.4. The second kappa shape index (κ2) is 9.76. The van der Waals surface area contributed by atoms with E-state index < -0.39 is 0 Å². The predicted molar refractivity (Wildman–Crippen MR) is 154 cm³/mol. The number of carbonyl (C=O) groups excluding carboxylic acids is 1. The van der Waals surface area contributed by atoms with E-state index >= 15 is 0 Å². The smallest absolute Gasteiger partial charge is 0.258 e. The fourth-order valence-electron chi connectivity index (χ4n) is 7.37. The van der Waals surface area contributed by atoms with Crippen LogP contribution >= 0.6 is 11.3 Å². The van der Waals surface area contributed by atoms with Crippen molar-refractivity contribution in [3.63, 3.8) is 0 Å². The summed E-state index contributed by atoms with van der Waals surface area (Å²) in [5, 5.41) is 7.93. The normalized spacial score (nSPS) is 29.9. The first-order chi connectivity index (χ1) is 19.6. The fourth-order valence-corrected chi connectivity index (χ4v) is 8.56. The summed E-state index contributed by atoms with van der Waals surface area (Å²) in [5.41, 5.74) is 3.57. The number of amides is 1. The van der Waals surface area contributed by atoms with Gasteiger partial charge in [-0.3, -0.25) is 4.79 Å². The lowest BCUT2D eigenvalue weighted by Crippen LogP contribution is -2.52. The van der Waals surface area contributed by atoms with Gasteiger partial charge in [0.1, 0.15) is 0 Å². The van der Waals surface area contributed by atoms with Gasteiger partial charge in [0.05, 0.1) is 23.2 Å². The predicted octanol–water partition coefficient (Wildman–Crippen LogP) is 7.00. The number of hydrogen-bond donors (Lipinski definition) is 0. The Balaban J connectivity index is 1.06. The number of fused-ring (bicyclic) bond motifs is 3. The van der Waals surface area contributed by atoms with Crippen molar-refractivity contribution >= 4 is 22.9 Å². The third kappa shape index (κ3) is 4.61. The fraction of sp³-hybridized carbons (Fsp3) is 0.625. The molecule has 9 rings (SSSR count). The number of benzene rings is 1. The van der Waals surface area contributed by atoms with Gasteiger partial charge in [-0.05, 0) is 101 Å². The number of nitrogens with zero attached hydrogens (tertiary/aromatic N) is 4. The molecular formula is C32H38N4O3S. The number of ether oxygens (including phenoxy) is 1. The van der Waals surface area contributed by atoms with Crippen LogP contribution in [-0.4, -0.2) is 40.8 Å². The van der Waals surface area contributed by atoms with Gasteiger partial charge in [0, 0.05) is 47.0 Å². The van der Waals surface area contributed by atoms with Gasteiger partial charge in [0.2, 0.25) is 5.91 Å². The van der Waals surface area contributed by atoms with Gasteiger partial charge in [-0.1, -0.05) is 11.2 Å². The van der Waals surface area contributed by atoms with E-state index in [2.05, 4.69) is 32.6 Å². The monoisotopic (exact) mass is 558 g/mol. The standard InChI is InChI=1S/C32H38N4O3S/c37-29(24-4-2-16-38-18-24)36(25-5-1-3-23(17-25)28-34-27(35-39-28)22-8-9-22)20-31-10-13-32(14-11-31,15-12-31)30-33-26(19-40-30)21-6-7-21/h1,3,5,17,19,21-22,24H,2,4,6-16,18,20H2. The van der Waals surface area contributed by atoms with Crippen molar-refractivity contribution in [1.82, 2.24) is 15.1 Å². The minimum Gasteiger partial charge on any atom is -0.381 e. The van der Waals surface area contributed by atoms with E-state index in [-0.39, 0.29) is 22.7 Å². The van der Waals surface area contributed by atoms with Crippen molar-refractivity contribution in [3.05, 3.63) is 46.2 Å². The molecule has 210 valence electrons. The van der Waals surface area contributed by atoms with Crippen molar-refractivity contribution in [2.24, 2.45) is 11.3 Å². The summed E-state index contributed by atoms with van der Waals surface area (Å²) in [6.45, 7) is 2.04. The lowest BCUT2D eigenvalue weighted by molar-refractivity contribution is -0.127. The van der Waals surface area contributed by atoms with Crippen LogP contribution in [0.2, 0.25) is 0 Å². The average Bonchev–Trinajstić information content (AvgIpc) is 3.95. The molecule has 1 saturated heterocycles. The maximum atomic E-state index is 14.1. The molecule has 6 aliphatic rings. The molecular weight excluding hydrogens is 520 g/mol. The maximum absolute atomic E-state index is 14.1. The zero-order valence-electron chi connectivity index (χ0n) is 23.1. The largest absolute Gasteiger partial charge is 0.381 e. The van der Waals surface area contributed by atoms with E-state index in [4.69, 9.17) is 14.2 Å². The van der Waals surface area contributed by atoms with Crippen LogP contribution in [0, 0.1) is 11.3 Å². The summed E-state index contributed by atoms with van der Waals surface area (Å²) >= 11 is 1.90. The van der Waals surface area contributed by atoms with Crippen LogP contribution in [0.4, 0.5) is 5.69 Å². The molecule has 1 amide bonds. The molecule has 0 radical (unpaired) electrons. The Hall–Kier alpha value is -2.58. The van der Waals surface area contributed by atoms with Gasteiger partial charge >= 0.3 is 0 Å². The molecule has 0 N–H and O–H groups in total. The van der Waals surface area contributed by atoms with Gasteiger partial charge in [-0.25, -0.2) is 4.98 Å². The van der Waals surface area contributed by atoms with Crippen LogP contribution in [0.3, 0.4) is 0 Å². The zero-order chi connectivity index (χ0) is 26.7. The quantitative estimate of drug-likeness (QED) is 0.296. The molecule has 1 aromatic carbocycles. The molecule has 1 aliphatic heterocycles. The summed E-state index contributed by atoms with van der Waals surface area (Å²) in [6.07, 6.45) is 13.8. The van der Waals surface area contributed by atoms with Crippen molar-refractivity contribution in [2.45, 2.75) is 94.3 Å². The first-order valence-electron chi connectivity index (χ1n) is 15.4. The van der Waals surface area contributed by atoms with Crippen LogP contribution < -0.4 is 4.90 Å². The summed E-state index contributed by atoms with van der Waals surface area (Å²) in [5.74, 6) is 2.64. The molecule has 2 bridgehead atoms.